The first kappa shape index (κ1) is 13.0. The fourth-order valence-electron chi connectivity index (χ4n) is 2.81. The summed E-state index contributed by atoms with van der Waals surface area (Å²) in [6.45, 7) is 3.18. The van der Waals surface area contributed by atoms with Crippen molar-refractivity contribution >= 4 is 11.4 Å². The van der Waals surface area contributed by atoms with Crippen molar-refractivity contribution in [2.45, 2.75) is 25.8 Å². The molecule has 0 saturated heterocycles. The second-order valence-electron chi connectivity index (χ2n) is 5.45. The zero-order valence-corrected chi connectivity index (χ0v) is 12.0. The quantitative estimate of drug-likeness (QED) is 0.848. The number of nitrogens with one attached hydrogen (secondary N) is 1. The van der Waals surface area contributed by atoms with E-state index in [1.165, 1.54) is 36.3 Å². The lowest BCUT2D eigenvalue weighted by Gasteiger charge is -2.28. The number of aryl methyl sites for hydroxylation is 2. The normalized spacial score (nSPS) is 14.2. The van der Waals surface area contributed by atoms with E-state index in [4.69, 9.17) is 0 Å². The van der Waals surface area contributed by atoms with Crippen LogP contribution in [-0.4, -0.2) is 29.7 Å². The smallest absolute Gasteiger partial charge is 0.0945 e. The van der Waals surface area contributed by atoms with Gasteiger partial charge in [0, 0.05) is 50.5 Å². The molecule has 0 radical (unpaired) electrons. The van der Waals surface area contributed by atoms with Crippen LogP contribution >= 0.6 is 0 Å². The predicted octanol–water partition coefficient (Wildman–Crippen LogP) is 2.77. The van der Waals surface area contributed by atoms with Crippen molar-refractivity contribution in [3.63, 3.8) is 0 Å². The lowest BCUT2D eigenvalue weighted by molar-refractivity contribution is 0.660. The Morgan fingerprint density at radius 3 is 3.15 bits per heavy atom. The first-order chi connectivity index (χ1) is 9.83. The lowest BCUT2D eigenvalue weighted by Crippen LogP contribution is -2.24. The summed E-state index contributed by atoms with van der Waals surface area (Å²) in [4.78, 5) is 6.40. The monoisotopic (exact) mass is 270 g/mol. The van der Waals surface area contributed by atoms with Crippen LogP contribution in [0.3, 0.4) is 0 Å². The number of rotatable bonds is 5. The molecule has 1 N–H and O–H groups in total. The highest BCUT2D eigenvalue weighted by atomic mass is 15.1. The SMILES string of the molecule is CN1CCCc2cc(NCCCn3ccnc3)ccc21. The van der Waals surface area contributed by atoms with Gasteiger partial charge in [0.15, 0.2) is 0 Å². The molecule has 0 aliphatic carbocycles. The number of aromatic nitrogens is 2. The molecule has 3 rings (SSSR count). The minimum absolute atomic E-state index is 0.993. The van der Waals surface area contributed by atoms with Gasteiger partial charge in [0.1, 0.15) is 0 Å². The average Bonchev–Trinajstić information content (AvgIpc) is 2.97. The second kappa shape index (κ2) is 5.99. The largest absolute Gasteiger partial charge is 0.385 e. The molecule has 1 aliphatic rings. The molecule has 0 spiro atoms. The van der Waals surface area contributed by atoms with Crippen LogP contribution in [0.2, 0.25) is 0 Å². The minimum Gasteiger partial charge on any atom is -0.385 e. The van der Waals surface area contributed by atoms with Crippen LogP contribution in [0.5, 0.6) is 0 Å². The molecule has 0 fully saturated rings. The molecule has 0 unspecified atom stereocenters. The molecule has 20 heavy (non-hydrogen) atoms. The predicted molar refractivity (Wildman–Crippen MR) is 83.4 cm³/mol. The fourth-order valence-corrected chi connectivity index (χ4v) is 2.81. The Labute approximate surface area is 120 Å². The van der Waals surface area contributed by atoms with E-state index in [1.807, 2.05) is 18.7 Å². The highest BCUT2D eigenvalue weighted by Gasteiger charge is 2.13. The number of nitrogens with zero attached hydrogens (tertiary/aromatic N) is 3. The van der Waals surface area contributed by atoms with E-state index in [2.05, 4.69) is 45.0 Å². The molecule has 1 aromatic heterocycles. The number of anilines is 2. The van der Waals surface area contributed by atoms with E-state index in [-0.39, 0.29) is 0 Å². The Morgan fingerprint density at radius 2 is 2.30 bits per heavy atom. The van der Waals surface area contributed by atoms with Crippen molar-refractivity contribution < 1.29 is 0 Å². The zero-order valence-electron chi connectivity index (χ0n) is 12.0. The minimum atomic E-state index is 0.993. The molecular weight excluding hydrogens is 248 g/mol. The first-order valence-corrected chi connectivity index (χ1v) is 7.36. The van der Waals surface area contributed by atoms with Gasteiger partial charge in [-0.05, 0) is 43.0 Å². The van der Waals surface area contributed by atoms with Crippen LogP contribution < -0.4 is 10.2 Å². The number of hydrogen-bond acceptors (Lipinski definition) is 3. The van der Waals surface area contributed by atoms with Crippen LogP contribution in [0.15, 0.2) is 36.9 Å². The van der Waals surface area contributed by atoms with Gasteiger partial charge in [-0.2, -0.15) is 0 Å². The van der Waals surface area contributed by atoms with Crippen molar-refractivity contribution in [2.75, 3.05) is 30.4 Å². The number of hydrogen-bond donors (Lipinski definition) is 1. The van der Waals surface area contributed by atoms with Gasteiger partial charge in [0.25, 0.3) is 0 Å². The number of benzene rings is 1. The summed E-state index contributed by atoms with van der Waals surface area (Å²) in [7, 11) is 2.18. The summed E-state index contributed by atoms with van der Waals surface area (Å²) >= 11 is 0. The Bertz CT molecular complexity index is 548. The summed E-state index contributed by atoms with van der Waals surface area (Å²) in [6.07, 6.45) is 9.27. The van der Waals surface area contributed by atoms with E-state index in [1.54, 1.807) is 0 Å². The van der Waals surface area contributed by atoms with Gasteiger partial charge in [-0.1, -0.05) is 0 Å². The third kappa shape index (κ3) is 2.95. The van der Waals surface area contributed by atoms with Gasteiger partial charge in [-0.25, -0.2) is 4.98 Å². The molecule has 0 amide bonds. The molecule has 0 atom stereocenters. The maximum Gasteiger partial charge on any atom is 0.0945 e. The summed E-state index contributed by atoms with van der Waals surface area (Å²) in [5.41, 5.74) is 4.10. The molecular formula is C16H22N4. The fraction of sp³-hybridized carbons (Fsp3) is 0.438. The van der Waals surface area contributed by atoms with E-state index in [0.717, 1.165) is 19.5 Å². The number of imidazole rings is 1. The van der Waals surface area contributed by atoms with Crippen LogP contribution in [0, 0.1) is 0 Å². The van der Waals surface area contributed by atoms with Gasteiger partial charge < -0.3 is 14.8 Å². The number of fused-ring (bicyclic) bond motifs is 1. The van der Waals surface area contributed by atoms with Crippen molar-refractivity contribution in [1.29, 1.82) is 0 Å². The molecule has 0 saturated carbocycles. The molecule has 0 bridgehead atoms. The van der Waals surface area contributed by atoms with Gasteiger partial charge in [0.05, 0.1) is 6.33 Å². The van der Waals surface area contributed by atoms with Crippen LogP contribution in [0.4, 0.5) is 11.4 Å². The lowest BCUT2D eigenvalue weighted by atomic mass is 10.0. The van der Waals surface area contributed by atoms with E-state index < -0.39 is 0 Å². The molecule has 2 heterocycles. The highest BCUT2D eigenvalue weighted by molar-refractivity contribution is 5.61. The molecule has 4 nitrogen and oxygen atoms in total. The third-order valence-electron chi connectivity index (χ3n) is 3.91. The Hall–Kier alpha value is -1.97. The Balaban J connectivity index is 1.53. The first-order valence-electron chi connectivity index (χ1n) is 7.36. The summed E-state index contributed by atoms with van der Waals surface area (Å²) in [5, 5.41) is 3.52. The van der Waals surface area contributed by atoms with Gasteiger partial charge >= 0.3 is 0 Å². The molecule has 1 aliphatic heterocycles. The van der Waals surface area contributed by atoms with Crippen molar-refractivity contribution in [3.05, 3.63) is 42.5 Å². The topological polar surface area (TPSA) is 33.1 Å². The van der Waals surface area contributed by atoms with E-state index in [0.29, 0.717) is 0 Å². The average molecular weight is 270 g/mol. The molecule has 106 valence electrons. The standard InChI is InChI=1S/C16H22N4/c1-19-9-2-4-14-12-15(5-6-16(14)19)18-7-3-10-20-11-8-17-13-20/h5-6,8,11-13,18H,2-4,7,9-10H2,1H3. The van der Waals surface area contributed by atoms with E-state index in [9.17, 15) is 0 Å². The van der Waals surface area contributed by atoms with Crippen LogP contribution in [0.1, 0.15) is 18.4 Å². The second-order valence-corrected chi connectivity index (χ2v) is 5.45. The summed E-state index contributed by atoms with van der Waals surface area (Å²) in [6, 6.07) is 6.74. The maximum absolute atomic E-state index is 4.05. The molecule has 4 heteroatoms. The third-order valence-corrected chi connectivity index (χ3v) is 3.91. The van der Waals surface area contributed by atoms with Crippen LogP contribution in [0.25, 0.3) is 0 Å². The van der Waals surface area contributed by atoms with Crippen molar-refractivity contribution in [1.82, 2.24) is 9.55 Å². The maximum atomic E-state index is 4.05. The van der Waals surface area contributed by atoms with Gasteiger partial charge in [-0.15, -0.1) is 0 Å². The highest BCUT2D eigenvalue weighted by Crippen LogP contribution is 2.28. The van der Waals surface area contributed by atoms with Crippen molar-refractivity contribution in [3.8, 4) is 0 Å². The summed E-state index contributed by atoms with van der Waals surface area (Å²) < 4.78 is 2.11. The van der Waals surface area contributed by atoms with Gasteiger partial charge in [-0.3, -0.25) is 0 Å². The Kier molecular flexibility index (Phi) is 3.90. The van der Waals surface area contributed by atoms with Crippen molar-refractivity contribution in [2.24, 2.45) is 0 Å². The van der Waals surface area contributed by atoms with Gasteiger partial charge in [0.2, 0.25) is 0 Å². The zero-order chi connectivity index (χ0) is 13.8. The van der Waals surface area contributed by atoms with Crippen LogP contribution in [-0.2, 0) is 13.0 Å². The molecule has 1 aromatic carbocycles. The summed E-state index contributed by atoms with van der Waals surface area (Å²) in [5.74, 6) is 0. The molecule has 2 aromatic rings. The van der Waals surface area contributed by atoms with E-state index >= 15 is 0 Å². The Morgan fingerprint density at radius 1 is 1.35 bits per heavy atom.